The Morgan fingerprint density at radius 1 is 1.02 bits per heavy atom. The summed E-state index contributed by atoms with van der Waals surface area (Å²) in [6, 6.07) is 23.3. The molecule has 9 heteroatoms. The molecule has 44 heavy (non-hydrogen) atoms. The lowest BCUT2D eigenvalue weighted by molar-refractivity contribution is -0.128. The van der Waals surface area contributed by atoms with Crippen LogP contribution in [0.1, 0.15) is 42.4 Å². The predicted molar refractivity (Wildman–Crippen MR) is 176 cm³/mol. The Morgan fingerprint density at radius 2 is 1.82 bits per heavy atom. The van der Waals surface area contributed by atoms with E-state index in [9.17, 15) is 14.4 Å². The number of benzene rings is 3. The Morgan fingerprint density at radius 3 is 2.59 bits per heavy atom. The highest BCUT2D eigenvalue weighted by Gasteiger charge is 2.17. The van der Waals surface area contributed by atoms with E-state index in [0.29, 0.717) is 29.7 Å². The highest BCUT2D eigenvalue weighted by atomic mass is 16.2. The van der Waals surface area contributed by atoms with E-state index in [2.05, 4.69) is 46.7 Å². The van der Waals surface area contributed by atoms with Gasteiger partial charge in [-0.2, -0.15) is 5.10 Å². The fourth-order valence-electron chi connectivity index (χ4n) is 5.51. The lowest BCUT2D eigenvalue weighted by Crippen LogP contribution is -2.32. The fourth-order valence-corrected chi connectivity index (χ4v) is 5.51. The Hall–Kier alpha value is -5.18. The number of aromatic nitrogens is 3. The zero-order valence-corrected chi connectivity index (χ0v) is 25.6. The van der Waals surface area contributed by atoms with Crippen LogP contribution in [0.15, 0.2) is 90.0 Å². The van der Waals surface area contributed by atoms with Crippen LogP contribution in [0.4, 0.5) is 11.4 Å². The van der Waals surface area contributed by atoms with Crippen molar-refractivity contribution in [3.05, 3.63) is 112 Å². The molecule has 2 amide bonds. The highest BCUT2D eigenvalue weighted by Crippen LogP contribution is 2.28. The molecular formula is C35H38N6O3. The number of aromatic amines is 1. The van der Waals surface area contributed by atoms with Crippen molar-refractivity contribution in [2.45, 2.75) is 39.2 Å². The van der Waals surface area contributed by atoms with Gasteiger partial charge in [-0.05, 0) is 77.7 Å². The van der Waals surface area contributed by atoms with Crippen LogP contribution >= 0.6 is 0 Å². The van der Waals surface area contributed by atoms with Crippen LogP contribution in [0.3, 0.4) is 0 Å². The number of rotatable bonds is 11. The highest BCUT2D eigenvalue weighted by molar-refractivity contribution is 5.91. The summed E-state index contributed by atoms with van der Waals surface area (Å²) in [6.07, 6.45) is 4.49. The summed E-state index contributed by atoms with van der Waals surface area (Å²) >= 11 is 0. The maximum Gasteiger partial charge on any atom is 0.255 e. The van der Waals surface area contributed by atoms with Gasteiger partial charge in [-0.1, -0.05) is 43.3 Å². The molecule has 3 aromatic carbocycles. The van der Waals surface area contributed by atoms with E-state index >= 15 is 0 Å². The van der Waals surface area contributed by atoms with Gasteiger partial charge >= 0.3 is 0 Å². The van der Waals surface area contributed by atoms with Gasteiger partial charge in [-0.3, -0.25) is 19.1 Å². The molecule has 0 bridgehead atoms. The molecule has 0 aliphatic rings. The number of nitrogens with one attached hydrogen (secondary N) is 3. The third-order valence-electron chi connectivity index (χ3n) is 8.06. The average molecular weight is 591 g/mol. The van der Waals surface area contributed by atoms with Crippen LogP contribution in [0, 0.1) is 6.92 Å². The number of pyridine rings is 1. The first-order chi connectivity index (χ1) is 21.2. The number of H-pyrrole nitrogens is 1. The molecule has 0 saturated heterocycles. The average Bonchev–Trinajstić information content (AvgIpc) is 3.44. The molecule has 0 spiro atoms. The number of amides is 2. The smallest absolute Gasteiger partial charge is 0.255 e. The molecule has 9 nitrogen and oxygen atoms in total. The van der Waals surface area contributed by atoms with E-state index in [1.807, 2.05) is 61.6 Å². The normalized spacial score (nSPS) is 11.7. The van der Waals surface area contributed by atoms with Crippen molar-refractivity contribution in [1.82, 2.24) is 19.7 Å². The van der Waals surface area contributed by atoms with E-state index in [1.54, 1.807) is 35.1 Å². The van der Waals surface area contributed by atoms with Gasteiger partial charge in [-0.25, -0.2) is 0 Å². The third kappa shape index (κ3) is 7.06. The number of anilines is 2. The molecule has 0 aliphatic carbocycles. The number of aryl methyl sites for hydroxylation is 2. The largest absolute Gasteiger partial charge is 0.376 e. The molecule has 2 aromatic heterocycles. The maximum absolute atomic E-state index is 13.2. The molecule has 0 aliphatic heterocycles. The van der Waals surface area contributed by atoms with E-state index < -0.39 is 0 Å². The second kappa shape index (κ2) is 13.4. The number of carbonyl (C=O) groups excluding carboxylic acids is 2. The van der Waals surface area contributed by atoms with Crippen molar-refractivity contribution in [2.24, 2.45) is 7.05 Å². The van der Waals surface area contributed by atoms with Crippen LogP contribution < -0.4 is 16.2 Å². The lowest BCUT2D eigenvalue weighted by atomic mass is 9.92. The van der Waals surface area contributed by atoms with E-state index in [0.717, 1.165) is 28.6 Å². The summed E-state index contributed by atoms with van der Waals surface area (Å²) in [5.74, 6) is 0.100. The summed E-state index contributed by atoms with van der Waals surface area (Å²) in [5, 5.41) is 11.9. The molecule has 0 saturated carbocycles. The minimum atomic E-state index is -0.176. The first-order valence-corrected chi connectivity index (χ1v) is 14.8. The number of hydrogen-bond donors (Lipinski definition) is 3. The van der Waals surface area contributed by atoms with E-state index in [-0.39, 0.29) is 29.8 Å². The van der Waals surface area contributed by atoms with Crippen LogP contribution in [-0.2, 0) is 23.2 Å². The summed E-state index contributed by atoms with van der Waals surface area (Å²) in [4.78, 5) is 42.6. The summed E-state index contributed by atoms with van der Waals surface area (Å²) in [7, 11) is 3.62. The minimum Gasteiger partial charge on any atom is -0.376 e. The van der Waals surface area contributed by atoms with E-state index in [1.165, 1.54) is 11.1 Å². The molecule has 5 rings (SSSR count). The number of likely N-dealkylation sites (N-methyl/N-ethyl adjacent to an activating group) is 1. The van der Waals surface area contributed by atoms with Gasteiger partial charge < -0.3 is 20.5 Å². The predicted octanol–water partition coefficient (Wildman–Crippen LogP) is 5.83. The molecule has 5 aromatic rings. The molecule has 0 fully saturated rings. The standard InChI is InChI=1S/C35H38N6O3/c1-23-7-5-6-8-29(23)24(2)9-14-33(42)39-28-12-13-30(32-16-18-38-41(32)4)26(19-28)22-40(3)34(43)21-37-27-11-10-25-15-17-36-35(44)31(25)20-27/h5-8,10-13,15-20,24,37H,9,14,21-22H2,1-4H3,(H,36,44)(H,39,42)/t24-/m0/s1. The first kappa shape index (κ1) is 30.3. The van der Waals surface area contributed by atoms with Crippen molar-refractivity contribution in [3.63, 3.8) is 0 Å². The Labute approximate surface area is 256 Å². The van der Waals surface area contributed by atoms with Gasteiger partial charge in [0.15, 0.2) is 0 Å². The molecule has 0 radical (unpaired) electrons. The van der Waals surface area contributed by atoms with Gasteiger partial charge in [0.2, 0.25) is 11.8 Å². The SMILES string of the molecule is Cc1ccccc1[C@@H](C)CCC(=O)Nc1ccc(-c2ccnn2C)c(CN(C)C(=O)CNc2ccc3cc[nH]c(=O)c3c2)c1. The summed E-state index contributed by atoms with van der Waals surface area (Å²) in [5.41, 5.74) is 6.41. The summed E-state index contributed by atoms with van der Waals surface area (Å²) < 4.78 is 1.79. The third-order valence-corrected chi connectivity index (χ3v) is 8.06. The summed E-state index contributed by atoms with van der Waals surface area (Å²) in [6.45, 7) is 4.63. The lowest BCUT2D eigenvalue weighted by Gasteiger charge is -2.21. The molecule has 0 unspecified atom stereocenters. The van der Waals surface area contributed by atoms with Crippen LogP contribution in [0.5, 0.6) is 0 Å². The molecule has 2 heterocycles. The van der Waals surface area contributed by atoms with Gasteiger partial charge in [0.1, 0.15) is 0 Å². The van der Waals surface area contributed by atoms with Crippen molar-refractivity contribution in [1.29, 1.82) is 0 Å². The number of carbonyl (C=O) groups is 2. The quantitative estimate of drug-likeness (QED) is 0.179. The second-order valence-corrected chi connectivity index (χ2v) is 11.3. The number of hydrogen-bond acceptors (Lipinski definition) is 5. The van der Waals surface area contributed by atoms with Crippen LogP contribution in [0.2, 0.25) is 0 Å². The molecular weight excluding hydrogens is 552 g/mol. The van der Waals surface area contributed by atoms with Gasteiger partial charge in [0.05, 0.1) is 12.2 Å². The second-order valence-electron chi connectivity index (χ2n) is 11.3. The fraction of sp³-hybridized carbons (Fsp3) is 0.257. The molecule has 226 valence electrons. The maximum atomic E-state index is 13.2. The number of nitrogens with zero attached hydrogens (tertiary/aromatic N) is 3. The zero-order valence-electron chi connectivity index (χ0n) is 25.6. The van der Waals surface area contributed by atoms with Crippen molar-refractivity contribution in [2.75, 3.05) is 24.2 Å². The van der Waals surface area contributed by atoms with Crippen LogP contribution in [0.25, 0.3) is 22.0 Å². The van der Waals surface area contributed by atoms with Crippen LogP contribution in [-0.4, -0.2) is 45.1 Å². The zero-order chi connectivity index (χ0) is 31.2. The Balaban J connectivity index is 1.26. The number of fused-ring (bicyclic) bond motifs is 1. The molecule has 3 N–H and O–H groups in total. The van der Waals surface area contributed by atoms with Gasteiger partial charge in [0.25, 0.3) is 5.56 Å². The Bertz CT molecular complexity index is 1860. The van der Waals surface area contributed by atoms with Crippen molar-refractivity contribution >= 4 is 34.0 Å². The minimum absolute atomic E-state index is 0.0486. The molecule has 1 atom stereocenters. The van der Waals surface area contributed by atoms with Gasteiger partial charge in [-0.15, -0.1) is 0 Å². The van der Waals surface area contributed by atoms with Crippen molar-refractivity contribution in [3.8, 4) is 11.3 Å². The topological polar surface area (TPSA) is 112 Å². The Kier molecular flexibility index (Phi) is 9.23. The first-order valence-electron chi connectivity index (χ1n) is 14.8. The van der Waals surface area contributed by atoms with E-state index in [4.69, 9.17) is 0 Å². The van der Waals surface area contributed by atoms with Crippen molar-refractivity contribution < 1.29 is 9.59 Å². The van der Waals surface area contributed by atoms with Gasteiger partial charge in [0, 0.05) is 61.8 Å². The monoisotopic (exact) mass is 590 g/mol.